The summed E-state index contributed by atoms with van der Waals surface area (Å²) in [5.41, 5.74) is 5.88. The van der Waals surface area contributed by atoms with Crippen molar-refractivity contribution in [3.8, 4) is 22.4 Å². The van der Waals surface area contributed by atoms with Gasteiger partial charge in [0, 0.05) is 95.1 Å². The van der Waals surface area contributed by atoms with E-state index in [1.807, 2.05) is 35.1 Å². The highest BCUT2D eigenvalue weighted by atomic mass is 28.3. The maximum atomic E-state index is 6.54. The van der Waals surface area contributed by atoms with Crippen LogP contribution in [0.25, 0.3) is 28.0 Å². The number of aromatic nitrogens is 4. The summed E-state index contributed by atoms with van der Waals surface area (Å²) in [7, 11) is 4.07. The second-order valence-corrected chi connectivity index (χ2v) is 27.2. The van der Waals surface area contributed by atoms with Crippen molar-refractivity contribution in [2.45, 2.75) is 82.2 Å². The Bertz CT molecular complexity index is 1610. The van der Waals surface area contributed by atoms with Gasteiger partial charge in [-0.3, -0.25) is 4.98 Å². The zero-order valence-electron chi connectivity index (χ0n) is 29.7. The van der Waals surface area contributed by atoms with Crippen LogP contribution in [0.3, 0.4) is 0 Å². The van der Waals surface area contributed by atoms with Gasteiger partial charge in [-0.15, -0.1) is 0 Å². The Morgan fingerprint density at radius 1 is 0.854 bits per heavy atom. The first-order valence-corrected chi connectivity index (χ1v) is 24.9. The molecule has 3 aromatic heterocycles. The monoisotopic (exact) mass is 681 g/mol. The van der Waals surface area contributed by atoms with Crippen molar-refractivity contribution in [1.29, 1.82) is 0 Å². The van der Waals surface area contributed by atoms with E-state index in [-0.39, 0.29) is 18.0 Å². The van der Waals surface area contributed by atoms with Gasteiger partial charge < -0.3 is 24.5 Å². The third-order valence-electron chi connectivity index (χ3n) is 9.56. The highest BCUT2D eigenvalue weighted by Crippen LogP contribution is 2.37. The normalized spacial score (nSPS) is 20.3. The van der Waals surface area contributed by atoms with E-state index in [0.29, 0.717) is 13.5 Å². The third kappa shape index (κ3) is 8.64. The molecule has 2 bridgehead atoms. The minimum absolute atomic E-state index is 0.286. The summed E-state index contributed by atoms with van der Waals surface area (Å²) in [6.07, 6.45) is 5.77. The molecule has 0 aliphatic carbocycles. The van der Waals surface area contributed by atoms with Gasteiger partial charge in [0.1, 0.15) is 19.3 Å². The molecule has 2 fully saturated rings. The molecule has 254 valence electrons. The second kappa shape index (κ2) is 14.9. The van der Waals surface area contributed by atoms with E-state index in [1.54, 1.807) is 0 Å². The number of anilines is 1. The van der Waals surface area contributed by atoms with Crippen LogP contribution in [0.2, 0.25) is 51.4 Å². The minimum Gasteiger partial charge on any atom is -0.361 e. The molecular weight excluding hydrogens is 629 g/mol. The third-order valence-corrected chi connectivity index (χ3v) is 13.0. The van der Waals surface area contributed by atoms with Gasteiger partial charge in [-0.05, 0) is 31.0 Å². The molecule has 5 heterocycles. The Morgan fingerprint density at radius 3 is 2.08 bits per heavy atom. The number of pyridine rings is 1. The predicted octanol–water partition coefficient (Wildman–Crippen LogP) is 6.49. The summed E-state index contributed by atoms with van der Waals surface area (Å²) in [4.78, 5) is 14.5. The number of nitrogens with one attached hydrogen (secondary N) is 1. The van der Waals surface area contributed by atoms with Crippen molar-refractivity contribution in [3.63, 3.8) is 0 Å². The molecule has 0 amide bonds. The van der Waals surface area contributed by atoms with E-state index < -0.39 is 16.1 Å². The predicted molar refractivity (Wildman–Crippen MR) is 202 cm³/mol. The average molecular weight is 682 g/mol. The molecule has 12 heteroatoms. The van der Waals surface area contributed by atoms with Gasteiger partial charge in [-0.25, -0.2) is 4.98 Å². The highest BCUT2D eigenvalue weighted by Gasteiger charge is 2.37. The first kappa shape index (κ1) is 35.0. The molecule has 48 heavy (non-hydrogen) atoms. The Morgan fingerprint density at radius 2 is 1.50 bits per heavy atom. The fourth-order valence-corrected chi connectivity index (χ4v) is 8.06. The van der Waals surface area contributed by atoms with Crippen LogP contribution in [0.1, 0.15) is 24.5 Å². The SMILES string of the molecule is [B]N1C2CNCC1CC(c1cc(N(COCC[Si](C)(C)C)COCC[Si](C)(C)C)n3ncc(-c4ccc(-c5ccccc5)nc4)c3n1)C2. The number of hydrogen-bond acceptors (Lipinski definition) is 8. The van der Waals surface area contributed by atoms with Crippen LogP contribution in [-0.4, -0.2) is 100 Å². The van der Waals surface area contributed by atoms with Gasteiger partial charge >= 0.3 is 0 Å². The molecule has 2 radical (unpaired) electrons. The van der Waals surface area contributed by atoms with Gasteiger partial charge in [0.15, 0.2) is 13.6 Å². The van der Waals surface area contributed by atoms with E-state index in [1.165, 1.54) is 0 Å². The van der Waals surface area contributed by atoms with E-state index in [9.17, 15) is 0 Å². The molecule has 9 nitrogen and oxygen atoms in total. The Labute approximate surface area is 289 Å². The van der Waals surface area contributed by atoms with Crippen molar-refractivity contribution in [3.05, 3.63) is 66.6 Å². The van der Waals surface area contributed by atoms with Crippen LogP contribution in [0.4, 0.5) is 5.82 Å². The van der Waals surface area contributed by atoms with Crippen LogP contribution in [0.15, 0.2) is 60.9 Å². The standard InChI is InChI=1S/C36H52BN7O2Si2/c1-47(2,3)16-14-45-25-42(26-46-15-17-48(4,5)6)35-20-34(29-18-30-22-38-23-31(19-29)43(30)37)41-36-32(24-40-44(35)36)28-12-13-33(39-21-28)27-10-8-7-9-11-27/h7-13,20-21,24,29-31,38H,14-19,22-23,25-26H2,1-6H3. The van der Waals surface area contributed by atoms with Crippen molar-refractivity contribution < 1.29 is 9.47 Å². The average Bonchev–Trinajstić information content (AvgIpc) is 3.47. The van der Waals surface area contributed by atoms with Crippen molar-refractivity contribution in [2.24, 2.45) is 0 Å². The molecule has 2 aliphatic rings. The molecule has 2 unspecified atom stereocenters. The summed E-state index contributed by atoms with van der Waals surface area (Å²) >= 11 is 0. The summed E-state index contributed by atoms with van der Waals surface area (Å²) in [5, 5.41) is 8.51. The first-order chi connectivity index (χ1) is 22.9. The fourth-order valence-electron chi connectivity index (χ4n) is 6.54. The van der Waals surface area contributed by atoms with E-state index in [4.69, 9.17) is 32.5 Å². The largest absolute Gasteiger partial charge is 0.361 e. The van der Waals surface area contributed by atoms with Crippen LogP contribution < -0.4 is 10.2 Å². The lowest BCUT2D eigenvalue weighted by molar-refractivity contribution is 0.0941. The van der Waals surface area contributed by atoms with Crippen LogP contribution >= 0.6 is 0 Å². The number of ether oxygens (including phenoxy) is 2. The maximum Gasteiger partial charge on any atom is 0.183 e. The lowest BCUT2D eigenvalue weighted by atomic mass is 9.80. The molecule has 2 saturated heterocycles. The molecule has 0 saturated carbocycles. The number of piperidine rings is 1. The molecule has 4 aromatic rings. The highest BCUT2D eigenvalue weighted by molar-refractivity contribution is 6.76. The lowest BCUT2D eigenvalue weighted by Crippen LogP contribution is -2.59. The van der Waals surface area contributed by atoms with Gasteiger partial charge in [-0.2, -0.15) is 9.61 Å². The smallest absolute Gasteiger partial charge is 0.183 e. The lowest BCUT2D eigenvalue weighted by Gasteiger charge is -2.48. The van der Waals surface area contributed by atoms with Gasteiger partial charge in [0.05, 0.1) is 11.9 Å². The van der Waals surface area contributed by atoms with E-state index in [2.05, 4.69) is 84.6 Å². The maximum absolute atomic E-state index is 6.54. The quantitative estimate of drug-likeness (QED) is 0.0920. The van der Waals surface area contributed by atoms with Gasteiger partial charge in [-0.1, -0.05) is 75.7 Å². The van der Waals surface area contributed by atoms with Crippen LogP contribution in [-0.2, 0) is 9.47 Å². The second-order valence-electron chi connectivity index (χ2n) is 15.9. The zero-order chi connectivity index (χ0) is 33.9. The molecule has 2 atom stereocenters. The van der Waals surface area contributed by atoms with E-state index in [0.717, 1.165) is 90.8 Å². The molecule has 1 aromatic carbocycles. The topological polar surface area (TPSA) is 80.0 Å². The van der Waals surface area contributed by atoms with Crippen LogP contribution in [0, 0.1) is 0 Å². The van der Waals surface area contributed by atoms with Crippen molar-refractivity contribution in [1.82, 2.24) is 29.7 Å². The number of piperazine rings is 1. The van der Waals surface area contributed by atoms with Crippen molar-refractivity contribution >= 4 is 35.6 Å². The number of hydrogen-bond donors (Lipinski definition) is 1. The fraction of sp³-hybridized carbons (Fsp3) is 0.528. The number of fused-ring (bicyclic) bond motifs is 3. The Balaban J connectivity index is 1.37. The summed E-state index contributed by atoms with van der Waals surface area (Å²) in [6.45, 7) is 18.4. The first-order valence-electron chi connectivity index (χ1n) is 17.5. The molecule has 6 rings (SSSR count). The van der Waals surface area contributed by atoms with Gasteiger partial charge in [0.2, 0.25) is 0 Å². The Kier molecular flexibility index (Phi) is 10.9. The molecule has 0 spiro atoms. The molecule has 2 aliphatic heterocycles. The van der Waals surface area contributed by atoms with Crippen LogP contribution in [0.5, 0.6) is 0 Å². The van der Waals surface area contributed by atoms with Gasteiger partial charge in [0.25, 0.3) is 0 Å². The number of rotatable bonds is 14. The Hall–Kier alpha value is -2.87. The molecule has 1 N–H and O–H groups in total. The summed E-state index contributed by atoms with van der Waals surface area (Å²) in [5.74, 6) is 1.23. The zero-order valence-corrected chi connectivity index (χ0v) is 31.7. The molecular formula is C36H52BN7O2Si2. The summed E-state index contributed by atoms with van der Waals surface area (Å²) in [6, 6.07) is 19.5. The van der Waals surface area contributed by atoms with E-state index >= 15 is 0 Å². The van der Waals surface area contributed by atoms with Crippen molar-refractivity contribution in [2.75, 3.05) is 44.7 Å². The number of nitrogens with zero attached hydrogens (tertiary/aromatic N) is 6. The number of benzene rings is 1. The summed E-state index contributed by atoms with van der Waals surface area (Å²) < 4.78 is 14.7. The minimum atomic E-state index is -1.24.